The van der Waals surface area contributed by atoms with Crippen LogP contribution in [0.5, 0.6) is 0 Å². The first kappa shape index (κ1) is 12.2. The molecule has 1 unspecified atom stereocenters. The molecular weight excluding hydrogens is 190 g/mol. The van der Waals surface area contributed by atoms with Gasteiger partial charge in [-0.3, -0.25) is 4.68 Å². The number of hydrogen-bond acceptors (Lipinski definition) is 3. The Morgan fingerprint density at radius 1 is 1.60 bits per heavy atom. The van der Waals surface area contributed by atoms with E-state index in [1.807, 2.05) is 17.8 Å². The Kier molecular flexibility index (Phi) is 3.88. The summed E-state index contributed by atoms with van der Waals surface area (Å²) in [7, 11) is 0. The van der Waals surface area contributed by atoms with Crippen molar-refractivity contribution in [3.8, 4) is 0 Å². The van der Waals surface area contributed by atoms with Crippen molar-refractivity contribution in [3.05, 3.63) is 18.0 Å². The van der Waals surface area contributed by atoms with E-state index in [4.69, 9.17) is 0 Å². The van der Waals surface area contributed by atoms with Crippen molar-refractivity contribution in [2.24, 2.45) is 0 Å². The molecule has 0 fully saturated rings. The van der Waals surface area contributed by atoms with Gasteiger partial charge in [-0.05, 0) is 13.8 Å². The van der Waals surface area contributed by atoms with E-state index in [1.165, 1.54) is 0 Å². The quantitative estimate of drug-likeness (QED) is 0.767. The molecule has 0 bridgehead atoms. The normalized spacial score (nSPS) is 15.6. The molecule has 1 heterocycles. The molecule has 0 aliphatic carbocycles. The number of aliphatic hydroxyl groups is 1. The summed E-state index contributed by atoms with van der Waals surface area (Å²) in [5, 5.41) is 17.6. The molecule has 0 amide bonds. The summed E-state index contributed by atoms with van der Waals surface area (Å²) < 4.78 is 1.82. The summed E-state index contributed by atoms with van der Waals surface area (Å²) in [6.07, 6.45) is 3.62. The van der Waals surface area contributed by atoms with Gasteiger partial charge in [0, 0.05) is 30.9 Å². The Morgan fingerprint density at radius 3 is 2.73 bits per heavy atom. The molecule has 15 heavy (non-hydrogen) atoms. The van der Waals surface area contributed by atoms with Crippen LogP contribution in [-0.4, -0.2) is 27.5 Å². The number of nitrogens with one attached hydrogen (secondary N) is 1. The summed E-state index contributed by atoms with van der Waals surface area (Å²) in [5.74, 6) is 0. The van der Waals surface area contributed by atoms with Gasteiger partial charge >= 0.3 is 0 Å². The van der Waals surface area contributed by atoms with Crippen molar-refractivity contribution in [3.63, 3.8) is 0 Å². The van der Waals surface area contributed by atoms with Gasteiger partial charge < -0.3 is 10.4 Å². The molecule has 2 N–H and O–H groups in total. The van der Waals surface area contributed by atoms with Crippen LogP contribution >= 0.6 is 0 Å². The summed E-state index contributed by atoms with van der Waals surface area (Å²) in [4.78, 5) is 0. The first-order valence-corrected chi connectivity index (χ1v) is 5.44. The zero-order valence-corrected chi connectivity index (χ0v) is 9.99. The van der Waals surface area contributed by atoms with Crippen LogP contribution in [0.1, 0.15) is 33.3 Å². The lowest BCUT2D eigenvalue weighted by Gasteiger charge is -2.23. The number of hydrogen-bond donors (Lipinski definition) is 2. The fourth-order valence-electron chi connectivity index (χ4n) is 1.32. The third-order valence-corrected chi connectivity index (χ3v) is 2.43. The molecule has 0 saturated carbocycles. The Morgan fingerprint density at radius 2 is 2.27 bits per heavy atom. The first-order chi connectivity index (χ1) is 6.95. The molecule has 0 aliphatic heterocycles. The summed E-state index contributed by atoms with van der Waals surface area (Å²) >= 11 is 0. The maximum absolute atomic E-state index is 10.2. The van der Waals surface area contributed by atoms with Crippen molar-refractivity contribution in [1.29, 1.82) is 0 Å². The number of rotatable bonds is 5. The van der Waals surface area contributed by atoms with Crippen LogP contribution in [0.2, 0.25) is 0 Å². The van der Waals surface area contributed by atoms with Gasteiger partial charge in [-0.2, -0.15) is 5.10 Å². The van der Waals surface area contributed by atoms with Crippen LogP contribution < -0.4 is 5.32 Å². The number of nitrogens with zero attached hydrogens (tertiary/aromatic N) is 2. The lowest BCUT2D eigenvalue weighted by Crippen LogP contribution is -2.38. The molecule has 0 saturated heterocycles. The number of aromatic nitrogens is 2. The third kappa shape index (κ3) is 3.32. The average Bonchev–Trinajstić information content (AvgIpc) is 2.63. The van der Waals surface area contributed by atoms with Crippen LogP contribution in [0.15, 0.2) is 12.4 Å². The minimum Gasteiger partial charge on any atom is -0.384 e. The van der Waals surface area contributed by atoms with E-state index >= 15 is 0 Å². The Balaban J connectivity index is 2.67. The van der Waals surface area contributed by atoms with Crippen LogP contribution in [0, 0.1) is 0 Å². The molecule has 86 valence electrons. The molecule has 1 aromatic rings. The SMILES string of the molecule is CCn1cc(C(C)(O)CNC(C)C)cn1. The zero-order chi connectivity index (χ0) is 11.5. The molecule has 4 heteroatoms. The highest BCUT2D eigenvalue weighted by atomic mass is 16.3. The molecule has 1 rings (SSSR count). The Labute approximate surface area is 91.3 Å². The van der Waals surface area contributed by atoms with Crippen molar-refractivity contribution < 1.29 is 5.11 Å². The van der Waals surface area contributed by atoms with Gasteiger partial charge in [-0.1, -0.05) is 13.8 Å². The standard InChI is InChI=1S/C11H21N3O/c1-5-14-7-10(6-13-14)11(4,15)8-12-9(2)3/h6-7,9,12,15H,5,8H2,1-4H3. The molecule has 1 aromatic heterocycles. The van der Waals surface area contributed by atoms with Crippen LogP contribution in [-0.2, 0) is 12.1 Å². The van der Waals surface area contributed by atoms with E-state index in [-0.39, 0.29) is 0 Å². The fourth-order valence-corrected chi connectivity index (χ4v) is 1.32. The minimum absolute atomic E-state index is 0.373. The smallest absolute Gasteiger partial charge is 0.102 e. The van der Waals surface area contributed by atoms with Crippen LogP contribution in [0.4, 0.5) is 0 Å². The van der Waals surface area contributed by atoms with Gasteiger partial charge in [-0.15, -0.1) is 0 Å². The van der Waals surface area contributed by atoms with Crippen LogP contribution in [0.3, 0.4) is 0 Å². The Hall–Kier alpha value is -0.870. The van der Waals surface area contributed by atoms with E-state index in [0.29, 0.717) is 12.6 Å². The average molecular weight is 211 g/mol. The second-order valence-corrected chi connectivity index (χ2v) is 4.39. The predicted octanol–water partition coefficient (Wildman–Crippen LogP) is 1.11. The fraction of sp³-hybridized carbons (Fsp3) is 0.727. The van der Waals surface area contributed by atoms with Crippen molar-refractivity contribution in [1.82, 2.24) is 15.1 Å². The summed E-state index contributed by atoms with van der Waals surface area (Å²) in [5.41, 5.74) is 0.00928. The lowest BCUT2D eigenvalue weighted by molar-refractivity contribution is 0.0548. The van der Waals surface area contributed by atoms with Gasteiger partial charge in [0.05, 0.1) is 6.20 Å². The minimum atomic E-state index is -0.850. The first-order valence-electron chi connectivity index (χ1n) is 5.44. The van der Waals surface area contributed by atoms with Gasteiger partial charge in [0.2, 0.25) is 0 Å². The topological polar surface area (TPSA) is 50.1 Å². The molecule has 0 aliphatic rings. The maximum atomic E-state index is 10.2. The highest BCUT2D eigenvalue weighted by Gasteiger charge is 2.24. The highest BCUT2D eigenvalue weighted by Crippen LogP contribution is 2.18. The predicted molar refractivity (Wildman–Crippen MR) is 60.6 cm³/mol. The van der Waals surface area contributed by atoms with Crippen molar-refractivity contribution in [2.45, 2.75) is 45.9 Å². The van der Waals surface area contributed by atoms with Crippen LogP contribution in [0.25, 0.3) is 0 Å². The molecule has 0 radical (unpaired) electrons. The van der Waals surface area contributed by atoms with Crippen molar-refractivity contribution in [2.75, 3.05) is 6.54 Å². The van der Waals surface area contributed by atoms with Gasteiger partial charge in [0.15, 0.2) is 0 Å². The van der Waals surface area contributed by atoms with E-state index in [2.05, 4.69) is 24.3 Å². The van der Waals surface area contributed by atoms with E-state index in [9.17, 15) is 5.11 Å². The zero-order valence-electron chi connectivity index (χ0n) is 9.99. The van der Waals surface area contributed by atoms with E-state index < -0.39 is 5.60 Å². The van der Waals surface area contributed by atoms with Crippen molar-refractivity contribution >= 4 is 0 Å². The molecule has 0 spiro atoms. The summed E-state index contributed by atoms with van der Waals surface area (Å²) in [6.45, 7) is 9.32. The Bertz CT molecular complexity index is 305. The molecule has 4 nitrogen and oxygen atoms in total. The highest BCUT2D eigenvalue weighted by molar-refractivity contribution is 5.14. The van der Waals surface area contributed by atoms with Gasteiger partial charge in [-0.25, -0.2) is 0 Å². The van der Waals surface area contributed by atoms with Gasteiger partial charge in [0.25, 0.3) is 0 Å². The van der Waals surface area contributed by atoms with Gasteiger partial charge in [0.1, 0.15) is 5.60 Å². The second kappa shape index (κ2) is 4.77. The third-order valence-electron chi connectivity index (χ3n) is 2.43. The summed E-state index contributed by atoms with van der Waals surface area (Å²) in [6, 6.07) is 0.373. The number of aryl methyl sites for hydroxylation is 1. The van der Waals surface area contributed by atoms with E-state index in [0.717, 1.165) is 12.1 Å². The largest absolute Gasteiger partial charge is 0.384 e. The molecule has 0 aromatic carbocycles. The lowest BCUT2D eigenvalue weighted by atomic mass is 9.99. The monoisotopic (exact) mass is 211 g/mol. The second-order valence-electron chi connectivity index (χ2n) is 4.39. The maximum Gasteiger partial charge on any atom is 0.102 e. The van der Waals surface area contributed by atoms with E-state index in [1.54, 1.807) is 13.1 Å². The molecular formula is C11H21N3O. The molecule has 1 atom stereocenters.